The van der Waals surface area contributed by atoms with Gasteiger partial charge in [0.2, 0.25) is 0 Å². The van der Waals surface area contributed by atoms with Gasteiger partial charge < -0.3 is 14.5 Å². The van der Waals surface area contributed by atoms with Gasteiger partial charge in [-0.25, -0.2) is 0 Å². The van der Waals surface area contributed by atoms with Crippen LogP contribution in [0.25, 0.3) is 32.5 Å². The molecule has 1 unspecified atom stereocenters. The lowest BCUT2D eigenvalue weighted by Gasteiger charge is -2.17. The zero-order chi connectivity index (χ0) is 20.1. The van der Waals surface area contributed by atoms with Gasteiger partial charge in [0.25, 0.3) is 5.56 Å². The third-order valence-electron chi connectivity index (χ3n) is 5.71. The first-order valence-electron chi connectivity index (χ1n) is 9.59. The van der Waals surface area contributed by atoms with Crippen LogP contribution in [0.1, 0.15) is 24.0 Å². The van der Waals surface area contributed by atoms with Crippen LogP contribution in [0.5, 0.6) is 11.5 Å². The Labute approximate surface area is 172 Å². The highest BCUT2D eigenvalue weighted by atomic mass is 32.1. The van der Waals surface area contributed by atoms with Crippen molar-refractivity contribution in [3.63, 3.8) is 0 Å². The summed E-state index contributed by atoms with van der Waals surface area (Å²) in [5, 5.41) is 3.12. The molecule has 0 saturated carbocycles. The first kappa shape index (κ1) is 18.0. The van der Waals surface area contributed by atoms with Gasteiger partial charge in [0.1, 0.15) is 0 Å². The summed E-state index contributed by atoms with van der Waals surface area (Å²) in [6.45, 7) is 2.24. The number of ether oxygens (including phenoxy) is 2. The van der Waals surface area contributed by atoms with Gasteiger partial charge in [-0.2, -0.15) is 0 Å². The van der Waals surface area contributed by atoms with Crippen LogP contribution >= 0.6 is 11.3 Å². The Kier molecular flexibility index (Phi) is 4.21. The monoisotopic (exact) mass is 403 g/mol. The lowest BCUT2D eigenvalue weighted by atomic mass is 9.89. The van der Waals surface area contributed by atoms with E-state index in [2.05, 4.69) is 47.6 Å². The van der Waals surface area contributed by atoms with Crippen LogP contribution in [0.3, 0.4) is 0 Å². The number of H-pyrrole nitrogens is 1. The summed E-state index contributed by atoms with van der Waals surface area (Å²) in [5.74, 6) is 1.64. The number of nitrogens with one attached hydrogen (secondary N) is 1. The minimum Gasteiger partial charge on any atom is -0.493 e. The van der Waals surface area contributed by atoms with Crippen molar-refractivity contribution in [2.75, 3.05) is 14.2 Å². The molecule has 0 saturated heterocycles. The molecule has 0 fully saturated rings. The normalized spacial score (nSPS) is 15.1. The zero-order valence-corrected chi connectivity index (χ0v) is 17.4. The van der Waals surface area contributed by atoms with Crippen molar-refractivity contribution < 1.29 is 9.47 Å². The number of hydrogen-bond donors (Lipinski definition) is 1. The molecular weight excluding hydrogens is 382 g/mol. The molecule has 0 aliphatic heterocycles. The number of aromatic amines is 1. The molecule has 4 aromatic rings. The van der Waals surface area contributed by atoms with E-state index in [9.17, 15) is 4.79 Å². The fourth-order valence-corrected chi connectivity index (χ4v) is 5.30. The summed E-state index contributed by atoms with van der Waals surface area (Å²) < 4.78 is 11.0. The van der Waals surface area contributed by atoms with E-state index in [0.29, 0.717) is 23.0 Å². The first-order valence-corrected chi connectivity index (χ1v) is 10.5. The number of methoxy groups -OCH3 is 2. The number of thiophene rings is 1. The molecule has 5 heteroatoms. The number of aromatic nitrogens is 1. The van der Waals surface area contributed by atoms with Crippen molar-refractivity contribution in [3.8, 4) is 33.1 Å². The maximum Gasteiger partial charge on any atom is 0.257 e. The van der Waals surface area contributed by atoms with E-state index >= 15 is 0 Å². The van der Waals surface area contributed by atoms with Crippen molar-refractivity contribution >= 4 is 22.2 Å². The van der Waals surface area contributed by atoms with Gasteiger partial charge in [-0.1, -0.05) is 31.2 Å². The lowest BCUT2D eigenvalue weighted by molar-refractivity contribution is 0.356. The topological polar surface area (TPSA) is 51.3 Å². The second kappa shape index (κ2) is 6.78. The average molecular weight is 404 g/mol. The summed E-state index contributed by atoms with van der Waals surface area (Å²) in [4.78, 5) is 17.3. The number of hydrogen-bond acceptors (Lipinski definition) is 4. The molecular formula is C24H21NO3S. The molecule has 146 valence electrons. The molecule has 5 rings (SSSR count). The molecule has 4 bridgehead atoms. The summed E-state index contributed by atoms with van der Waals surface area (Å²) in [6.07, 6.45) is 0.970. The third kappa shape index (κ3) is 2.85. The minimum atomic E-state index is -0.0910. The second-order valence-electron chi connectivity index (χ2n) is 7.51. The standard InChI is InChI=1S/C24H21NO3S/c1-13-7-14-5-4-6-15(8-14)22-17-10-19(27-2)20(28-3)11-18(17)25-24(26)23(22)21-9-16(13)12-29-21/h4-6,8-13H,7H2,1-3H3,(H,25,26). The van der Waals surface area contributed by atoms with E-state index in [-0.39, 0.29) is 5.56 Å². The number of fused-ring (bicyclic) bond motifs is 9. The Hall–Kier alpha value is -3.05. The van der Waals surface area contributed by atoms with Crippen LogP contribution in [-0.2, 0) is 6.42 Å². The Balaban J connectivity index is 1.96. The maximum atomic E-state index is 13.3. The van der Waals surface area contributed by atoms with Crippen molar-refractivity contribution in [1.29, 1.82) is 0 Å². The van der Waals surface area contributed by atoms with Crippen LogP contribution in [0.15, 0.2) is 52.6 Å². The number of rotatable bonds is 2. The Morgan fingerprint density at radius 2 is 1.83 bits per heavy atom. The molecule has 1 aliphatic rings. The molecule has 1 atom stereocenters. The molecule has 1 N–H and O–H groups in total. The lowest BCUT2D eigenvalue weighted by Crippen LogP contribution is -2.11. The number of benzene rings is 2. The van der Waals surface area contributed by atoms with Gasteiger partial charge in [0.05, 0.1) is 25.3 Å². The SMILES string of the molecule is COc1cc2[nH]c(=O)c3c(c2cc1OC)-c1cccc(c1)CC(C)c1csc-3c1. The van der Waals surface area contributed by atoms with E-state index in [0.717, 1.165) is 33.3 Å². The highest BCUT2D eigenvalue weighted by Gasteiger charge is 2.22. The third-order valence-corrected chi connectivity index (χ3v) is 6.68. The van der Waals surface area contributed by atoms with E-state index < -0.39 is 0 Å². The molecule has 1 aliphatic carbocycles. The predicted octanol–water partition coefficient (Wildman–Crippen LogP) is 5.60. The minimum absolute atomic E-state index is 0.0910. The van der Waals surface area contributed by atoms with Crippen molar-refractivity contribution in [2.45, 2.75) is 19.3 Å². The fourth-order valence-electron chi connectivity index (χ4n) is 4.22. The second-order valence-corrected chi connectivity index (χ2v) is 8.42. The van der Waals surface area contributed by atoms with Crippen molar-refractivity contribution in [1.82, 2.24) is 4.98 Å². The van der Waals surface area contributed by atoms with Gasteiger partial charge >= 0.3 is 0 Å². The van der Waals surface area contributed by atoms with Gasteiger partial charge in [-0.15, -0.1) is 11.3 Å². The first-order chi connectivity index (χ1) is 14.1. The Morgan fingerprint density at radius 1 is 1.03 bits per heavy atom. The van der Waals surface area contributed by atoms with Gasteiger partial charge in [-0.3, -0.25) is 4.79 Å². The van der Waals surface area contributed by atoms with Crippen LogP contribution in [0.2, 0.25) is 0 Å². The van der Waals surface area contributed by atoms with E-state index in [1.807, 2.05) is 12.1 Å². The van der Waals surface area contributed by atoms with Crippen molar-refractivity contribution in [3.05, 3.63) is 69.3 Å². The molecule has 0 amide bonds. The molecule has 0 radical (unpaired) electrons. The highest BCUT2D eigenvalue weighted by Crippen LogP contribution is 2.43. The largest absolute Gasteiger partial charge is 0.493 e. The average Bonchev–Trinajstić information content (AvgIpc) is 3.21. The molecule has 4 nitrogen and oxygen atoms in total. The molecule has 2 aromatic heterocycles. The Bertz CT molecular complexity index is 1300. The van der Waals surface area contributed by atoms with Gasteiger partial charge in [0, 0.05) is 21.9 Å². The Morgan fingerprint density at radius 3 is 2.62 bits per heavy atom. The van der Waals surface area contributed by atoms with E-state index in [4.69, 9.17) is 9.47 Å². The van der Waals surface area contributed by atoms with Crippen molar-refractivity contribution in [2.24, 2.45) is 0 Å². The predicted molar refractivity (Wildman–Crippen MR) is 119 cm³/mol. The fraction of sp³-hybridized carbons (Fsp3) is 0.208. The summed E-state index contributed by atoms with van der Waals surface area (Å²) >= 11 is 1.63. The summed E-state index contributed by atoms with van der Waals surface area (Å²) in [7, 11) is 3.22. The van der Waals surface area contributed by atoms with Crippen LogP contribution in [-0.4, -0.2) is 19.2 Å². The van der Waals surface area contributed by atoms with Crippen LogP contribution < -0.4 is 15.0 Å². The van der Waals surface area contributed by atoms with Crippen LogP contribution in [0, 0.1) is 0 Å². The van der Waals surface area contributed by atoms with E-state index in [1.54, 1.807) is 25.6 Å². The molecule has 2 aromatic carbocycles. The van der Waals surface area contributed by atoms with E-state index in [1.165, 1.54) is 11.1 Å². The summed E-state index contributed by atoms with van der Waals surface area (Å²) in [5.41, 5.74) is 5.89. The smallest absolute Gasteiger partial charge is 0.257 e. The number of pyridine rings is 1. The highest BCUT2D eigenvalue weighted by molar-refractivity contribution is 7.13. The van der Waals surface area contributed by atoms with Crippen LogP contribution in [0.4, 0.5) is 0 Å². The van der Waals surface area contributed by atoms with Gasteiger partial charge in [-0.05, 0) is 46.5 Å². The van der Waals surface area contributed by atoms with Gasteiger partial charge in [0.15, 0.2) is 11.5 Å². The molecule has 2 heterocycles. The molecule has 29 heavy (non-hydrogen) atoms. The molecule has 0 spiro atoms. The quantitative estimate of drug-likeness (QED) is 0.474. The zero-order valence-electron chi connectivity index (χ0n) is 16.5. The maximum absolute atomic E-state index is 13.3. The summed E-state index contributed by atoms with van der Waals surface area (Å²) in [6, 6.07) is 14.5.